The molecule has 2 aromatic rings. The first kappa shape index (κ1) is 21.2. The lowest BCUT2D eigenvalue weighted by molar-refractivity contribution is -0.383. The van der Waals surface area contributed by atoms with Gasteiger partial charge in [0.25, 0.3) is 11.6 Å². The highest BCUT2D eigenvalue weighted by molar-refractivity contribution is 7.89. The van der Waals surface area contributed by atoms with E-state index in [1.807, 2.05) is 0 Å². The van der Waals surface area contributed by atoms with E-state index in [4.69, 9.17) is 11.6 Å². The number of carbonyl (C=O) groups excluding carboxylic acids is 1. The number of amides is 1. The van der Waals surface area contributed by atoms with Gasteiger partial charge in [0.05, 0.1) is 9.95 Å². The van der Waals surface area contributed by atoms with Crippen molar-refractivity contribution in [1.82, 2.24) is 4.72 Å². The summed E-state index contributed by atoms with van der Waals surface area (Å²) in [5, 5.41) is 13.6. The number of nitro groups is 1. The van der Waals surface area contributed by atoms with Gasteiger partial charge in [-0.3, -0.25) is 14.9 Å². The molecule has 1 amide bonds. The fourth-order valence-corrected chi connectivity index (χ4v) is 5.12. The van der Waals surface area contributed by atoms with Gasteiger partial charge in [-0.25, -0.2) is 13.1 Å². The lowest BCUT2D eigenvalue weighted by atomic mass is 9.96. The van der Waals surface area contributed by atoms with Crippen LogP contribution in [0.15, 0.2) is 47.4 Å². The van der Waals surface area contributed by atoms with Crippen molar-refractivity contribution >= 4 is 38.9 Å². The minimum absolute atomic E-state index is 0.00412. The standard InChI is InChI=1S/C19H20ClN3O5S/c20-15-11-10-13(19(24)21-16-8-4-5-9-17(16)23(25)26)12-18(15)29(27,28)22-14-6-2-1-3-7-14/h4-5,8-12,14,22H,1-3,6-7H2,(H,21,24). The SMILES string of the molecule is O=C(Nc1ccccc1[N+](=O)[O-])c1ccc(Cl)c(S(=O)(=O)NC2CCCCC2)c1. The molecule has 0 bridgehead atoms. The van der Waals surface area contributed by atoms with Crippen molar-refractivity contribution < 1.29 is 18.1 Å². The average molecular weight is 438 g/mol. The molecule has 1 aliphatic rings. The second-order valence-electron chi connectivity index (χ2n) is 6.83. The predicted molar refractivity (Wildman–Crippen MR) is 110 cm³/mol. The summed E-state index contributed by atoms with van der Waals surface area (Å²) in [4.78, 5) is 22.9. The van der Waals surface area contributed by atoms with Crippen molar-refractivity contribution in [1.29, 1.82) is 0 Å². The number of hydrogen-bond acceptors (Lipinski definition) is 5. The lowest BCUT2D eigenvalue weighted by Crippen LogP contribution is -2.36. The summed E-state index contributed by atoms with van der Waals surface area (Å²) in [5.41, 5.74) is -0.222. The molecule has 1 saturated carbocycles. The summed E-state index contributed by atoms with van der Waals surface area (Å²) in [6.45, 7) is 0. The molecule has 0 heterocycles. The number of nitrogens with one attached hydrogen (secondary N) is 2. The maximum atomic E-state index is 12.8. The zero-order valence-electron chi connectivity index (χ0n) is 15.4. The number of anilines is 1. The Labute approximate surface area is 173 Å². The van der Waals surface area contributed by atoms with Crippen molar-refractivity contribution in [2.45, 2.75) is 43.0 Å². The fourth-order valence-electron chi connectivity index (χ4n) is 3.29. The van der Waals surface area contributed by atoms with Crippen LogP contribution < -0.4 is 10.0 Å². The van der Waals surface area contributed by atoms with Crippen LogP contribution in [0.5, 0.6) is 0 Å². The number of para-hydroxylation sites is 2. The first-order chi connectivity index (χ1) is 13.8. The van der Waals surface area contributed by atoms with E-state index in [1.54, 1.807) is 6.07 Å². The molecule has 154 valence electrons. The molecule has 0 saturated heterocycles. The topological polar surface area (TPSA) is 118 Å². The maximum Gasteiger partial charge on any atom is 0.292 e. The minimum Gasteiger partial charge on any atom is -0.316 e. The van der Waals surface area contributed by atoms with Crippen LogP contribution in [0.4, 0.5) is 11.4 Å². The number of benzene rings is 2. The zero-order valence-corrected chi connectivity index (χ0v) is 17.0. The largest absolute Gasteiger partial charge is 0.316 e. The molecule has 0 aromatic heterocycles. The molecule has 0 unspecified atom stereocenters. The monoisotopic (exact) mass is 437 g/mol. The molecule has 29 heavy (non-hydrogen) atoms. The predicted octanol–water partition coefficient (Wildman–Crippen LogP) is 4.11. The fraction of sp³-hybridized carbons (Fsp3) is 0.316. The van der Waals surface area contributed by atoms with E-state index in [9.17, 15) is 23.3 Å². The van der Waals surface area contributed by atoms with Gasteiger partial charge >= 0.3 is 0 Å². The second-order valence-corrected chi connectivity index (χ2v) is 8.92. The molecule has 2 N–H and O–H groups in total. The van der Waals surface area contributed by atoms with Crippen molar-refractivity contribution in [2.24, 2.45) is 0 Å². The van der Waals surface area contributed by atoms with E-state index < -0.39 is 20.9 Å². The quantitative estimate of drug-likeness (QED) is 0.520. The van der Waals surface area contributed by atoms with E-state index in [-0.39, 0.29) is 32.9 Å². The molecular formula is C19H20ClN3O5S. The molecule has 0 spiro atoms. The maximum absolute atomic E-state index is 12.8. The Morgan fingerprint density at radius 2 is 1.79 bits per heavy atom. The molecule has 1 aliphatic carbocycles. The van der Waals surface area contributed by atoms with E-state index in [0.717, 1.165) is 32.1 Å². The van der Waals surface area contributed by atoms with Gasteiger partial charge in [-0.1, -0.05) is 43.0 Å². The second kappa shape index (κ2) is 8.89. The van der Waals surface area contributed by atoms with Gasteiger partial charge < -0.3 is 5.32 Å². The number of nitrogens with zero attached hydrogens (tertiary/aromatic N) is 1. The summed E-state index contributed by atoms with van der Waals surface area (Å²) in [6, 6.07) is 9.41. The third-order valence-corrected chi connectivity index (χ3v) is 6.76. The van der Waals surface area contributed by atoms with Crippen molar-refractivity contribution in [3.05, 3.63) is 63.2 Å². The van der Waals surface area contributed by atoms with Gasteiger partial charge in [-0.15, -0.1) is 0 Å². The molecule has 8 nitrogen and oxygen atoms in total. The van der Waals surface area contributed by atoms with Crippen LogP contribution in [-0.2, 0) is 10.0 Å². The Bertz CT molecular complexity index is 1040. The van der Waals surface area contributed by atoms with Crippen molar-refractivity contribution in [2.75, 3.05) is 5.32 Å². The van der Waals surface area contributed by atoms with Crippen LogP contribution in [0.3, 0.4) is 0 Å². The molecule has 2 aromatic carbocycles. The number of hydrogen-bond donors (Lipinski definition) is 2. The highest BCUT2D eigenvalue weighted by atomic mass is 35.5. The normalized spacial score (nSPS) is 15.1. The summed E-state index contributed by atoms with van der Waals surface area (Å²) in [7, 11) is -3.91. The summed E-state index contributed by atoms with van der Waals surface area (Å²) in [6.07, 6.45) is 4.52. The zero-order chi connectivity index (χ0) is 21.0. The van der Waals surface area contributed by atoms with Crippen molar-refractivity contribution in [3.63, 3.8) is 0 Å². The van der Waals surface area contributed by atoms with Gasteiger partial charge in [0.1, 0.15) is 10.6 Å². The first-order valence-corrected chi connectivity index (χ1v) is 11.0. The number of rotatable bonds is 6. The highest BCUT2D eigenvalue weighted by Gasteiger charge is 2.25. The third kappa shape index (κ3) is 5.11. The third-order valence-electron chi connectivity index (χ3n) is 4.76. The van der Waals surface area contributed by atoms with Crippen LogP contribution >= 0.6 is 11.6 Å². The Kier molecular flexibility index (Phi) is 6.51. The van der Waals surface area contributed by atoms with E-state index in [2.05, 4.69) is 10.0 Å². The Hall–Kier alpha value is -2.49. The summed E-state index contributed by atoms with van der Waals surface area (Å²) in [5.74, 6) is -0.676. The summed E-state index contributed by atoms with van der Waals surface area (Å²) < 4.78 is 28.2. The highest BCUT2D eigenvalue weighted by Crippen LogP contribution is 2.27. The van der Waals surface area contributed by atoms with Gasteiger partial charge in [-0.05, 0) is 37.1 Å². The molecule has 0 radical (unpaired) electrons. The van der Waals surface area contributed by atoms with Crippen LogP contribution in [0.25, 0.3) is 0 Å². The van der Waals surface area contributed by atoms with Gasteiger partial charge in [-0.2, -0.15) is 0 Å². The smallest absolute Gasteiger partial charge is 0.292 e. The van der Waals surface area contributed by atoms with Crippen LogP contribution in [0.1, 0.15) is 42.5 Å². The van der Waals surface area contributed by atoms with Crippen molar-refractivity contribution in [3.8, 4) is 0 Å². The lowest BCUT2D eigenvalue weighted by Gasteiger charge is -2.23. The van der Waals surface area contributed by atoms with E-state index in [1.165, 1.54) is 36.4 Å². The average Bonchev–Trinajstić information content (AvgIpc) is 2.68. The Morgan fingerprint density at radius 3 is 2.48 bits per heavy atom. The number of halogens is 1. The number of nitro benzene ring substituents is 1. The van der Waals surface area contributed by atoms with Crippen LogP contribution in [0.2, 0.25) is 5.02 Å². The van der Waals surface area contributed by atoms with Gasteiger partial charge in [0, 0.05) is 17.7 Å². The summed E-state index contributed by atoms with van der Waals surface area (Å²) >= 11 is 6.09. The first-order valence-electron chi connectivity index (χ1n) is 9.14. The molecule has 1 fully saturated rings. The molecular weight excluding hydrogens is 418 g/mol. The number of carbonyl (C=O) groups is 1. The molecule has 0 atom stereocenters. The molecule has 10 heteroatoms. The molecule has 3 rings (SSSR count). The van der Waals surface area contributed by atoms with Crippen LogP contribution in [-0.4, -0.2) is 25.3 Å². The van der Waals surface area contributed by atoms with Gasteiger partial charge in [0.15, 0.2) is 0 Å². The molecule has 0 aliphatic heterocycles. The Balaban J connectivity index is 1.85. The van der Waals surface area contributed by atoms with Gasteiger partial charge in [0.2, 0.25) is 10.0 Å². The van der Waals surface area contributed by atoms with Crippen LogP contribution in [0, 0.1) is 10.1 Å². The minimum atomic E-state index is -3.91. The Morgan fingerprint density at radius 1 is 1.10 bits per heavy atom. The number of sulfonamides is 1. The van der Waals surface area contributed by atoms with E-state index >= 15 is 0 Å². The van der Waals surface area contributed by atoms with E-state index in [0.29, 0.717) is 0 Å².